The van der Waals surface area contributed by atoms with Gasteiger partial charge in [-0.3, -0.25) is 0 Å². The van der Waals surface area contributed by atoms with Crippen LogP contribution >= 0.6 is 27.5 Å². The van der Waals surface area contributed by atoms with Crippen LogP contribution in [0.25, 0.3) is 10.9 Å². The monoisotopic (exact) mass is 300 g/mol. The summed E-state index contributed by atoms with van der Waals surface area (Å²) in [5.74, 6) is 0.705. The number of rotatable bonds is 2. The summed E-state index contributed by atoms with van der Waals surface area (Å²) in [7, 11) is 0. The Hall–Kier alpha value is -0.870. The minimum atomic E-state index is 0.0793. The highest BCUT2D eigenvalue weighted by Gasteiger charge is 2.11. The molecule has 1 heterocycles. The molecule has 0 aliphatic heterocycles. The van der Waals surface area contributed by atoms with Gasteiger partial charge in [0.05, 0.1) is 10.6 Å². The number of fused-ring (bicyclic) bond motifs is 1. The fraction of sp³-hybridized carbons (Fsp3) is 0.273. The molecule has 84 valence electrons. The largest absolute Gasteiger partial charge is 0.488 e. The lowest BCUT2D eigenvalue weighted by Crippen LogP contribution is -2.07. The first-order valence-electron chi connectivity index (χ1n) is 4.85. The molecule has 5 heteroatoms. The van der Waals surface area contributed by atoms with Crippen molar-refractivity contribution in [1.82, 2.24) is 9.97 Å². The van der Waals surface area contributed by atoms with Crippen LogP contribution in [0.5, 0.6) is 5.75 Å². The summed E-state index contributed by atoms with van der Waals surface area (Å²) in [6.45, 7) is 3.93. The van der Waals surface area contributed by atoms with Crippen LogP contribution in [0.15, 0.2) is 22.8 Å². The molecule has 0 amide bonds. The van der Waals surface area contributed by atoms with Gasteiger partial charge in [0.2, 0.25) is 5.28 Å². The molecule has 1 aromatic heterocycles. The number of aromatic nitrogens is 2. The van der Waals surface area contributed by atoms with Gasteiger partial charge in [-0.15, -0.1) is 0 Å². The van der Waals surface area contributed by atoms with Crippen LogP contribution in [-0.4, -0.2) is 16.1 Å². The third-order valence-electron chi connectivity index (χ3n) is 1.98. The molecule has 0 aliphatic carbocycles. The molecule has 0 aliphatic rings. The van der Waals surface area contributed by atoms with Gasteiger partial charge in [-0.2, -0.15) is 0 Å². The average Bonchev–Trinajstić information content (AvgIpc) is 2.22. The van der Waals surface area contributed by atoms with Crippen molar-refractivity contribution in [1.29, 1.82) is 0 Å². The second kappa shape index (κ2) is 4.55. The number of nitrogens with zero attached hydrogens (tertiary/aromatic N) is 2. The van der Waals surface area contributed by atoms with Crippen molar-refractivity contribution in [2.45, 2.75) is 20.0 Å². The zero-order chi connectivity index (χ0) is 11.7. The highest BCUT2D eigenvalue weighted by molar-refractivity contribution is 9.10. The van der Waals surface area contributed by atoms with Crippen LogP contribution in [0, 0.1) is 0 Å². The van der Waals surface area contributed by atoms with Crippen LogP contribution in [0.1, 0.15) is 13.8 Å². The average molecular weight is 302 g/mol. The number of benzene rings is 1. The summed E-state index contributed by atoms with van der Waals surface area (Å²) in [4.78, 5) is 8.13. The minimum absolute atomic E-state index is 0.0793. The highest BCUT2D eigenvalue weighted by Crippen LogP contribution is 2.33. The van der Waals surface area contributed by atoms with Crippen molar-refractivity contribution in [3.63, 3.8) is 0 Å². The first kappa shape index (κ1) is 11.6. The summed E-state index contributed by atoms with van der Waals surface area (Å²) in [6, 6.07) is 3.83. The van der Waals surface area contributed by atoms with Gasteiger partial charge in [-0.25, -0.2) is 9.97 Å². The Morgan fingerprint density at radius 1 is 1.38 bits per heavy atom. The number of hydrogen-bond acceptors (Lipinski definition) is 3. The Morgan fingerprint density at radius 3 is 2.81 bits per heavy atom. The Morgan fingerprint density at radius 2 is 2.12 bits per heavy atom. The molecule has 16 heavy (non-hydrogen) atoms. The molecule has 3 nitrogen and oxygen atoms in total. The molecular weight excluding hydrogens is 291 g/mol. The minimum Gasteiger partial charge on any atom is -0.488 e. The summed E-state index contributed by atoms with van der Waals surface area (Å²) in [5, 5.41) is 1.13. The first-order valence-corrected chi connectivity index (χ1v) is 6.02. The molecule has 0 spiro atoms. The number of hydrogen-bond donors (Lipinski definition) is 0. The van der Waals surface area contributed by atoms with E-state index in [9.17, 15) is 0 Å². The zero-order valence-electron chi connectivity index (χ0n) is 8.87. The van der Waals surface area contributed by atoms with Gasteiger partial charge >= 0.3 is 0 Å². The predicted molar refractivity (Wildman–Crippen MR) is 68.0 cm³/mol. The van der Waals surface area contributed by atoms with Gasteiger partial charge < -0.3 is 4.74 Å². The van der Waals surface area contributed by atoms with E-state index >= 15 is 0 Å². The van der Waals surface area contributed by atoms with Gasteiger partial charge in [0.25, 0.3) is 0 Å². The molecule has 0 saturated carbocycles. The summed E-state index contributed by atoms with van der Waals surface area (Å²) >= 11 is 9.23. The molecule has 0 fully saturated rings. The van der Waals surface area contributed by atoms with Crippen LogP contribution in [-0.2, 0) is 0 Å². The van der Waals surface area contributed by atoms with Gasteiger partial charge in [0, 0.05) is 11.6 Å². The molecule has 0 bridgehead atoms. The summed E-state index contributed by atoms with van der Waals surface area (Å²) in [6.07, 6.45) is 1.76. The fourth-order valence-electron chi connectivity index (χ4n) is 1.37. The van der Waals surface area contributed by atoms with Gasteiger partial charge in [0.1, 0.15) is 5.52 Å². The molecule has 2 aromatic rings. The number of halogens is 2. The van der Waals surface area contributed by atoms with Crippen molar-refractivity contribution in [2.24, 2.45) is 0 Å². The third-order valence-corrected chi connectivity index (χ3v) is 2.79. The van der Waals surface area contributed by atoms with E-state index in [0.717, 1.165) is 15.4 Å². The van der Waals surface area contributed by atoms with Gasteiger partial charge in [-0.1, -0.05) is 0 Å². The van der Waals surface area contributed by atoms with E-state index < -0.39 is 0 Å². The highest BCUT2D eigenvalue weighted by atomic mass is 79.9. The molecular formula is C11H10BrClN2O. The standard InChI is InChI=1S/C11H10BrClN2O/c1-6(2)16-10-8(12)4-3-7-5-14-11(13)15-9(7)10/h3-6H,1-2H3. The zero-order valence-corrected chi connectivity index (χ0v) is 11.2. The Bertz CT molecular complexity index is 525. The van der Waals surface area contributed by atoms with Crippen molar-refractivity contribution < 1.29 is 4.74 Å². The quantitative estimate of drug-likeness (QED) is 0.791. The van der Waals surface area contributed by atoms with Crippen molar-refractivity contribution in [3.8, 4) is 5.75 Å². The van der Waals surface area contributed by atoms with E-state index in [4.69, 9.17) is 16.3 Å². The summed E-state index contributed by atoms with van der Waals surface area (Å²) in [5.41, 5.74) is 0.725. The Kier molecular flexibility index (Phi) is 3.30. The smallest absolute Gasteiger partial charge is 0.223 e. The van der Waals surface area contributed by atoms with Crippen LogP contribution < -0.4 is 4.74 Å². The van der Waals surface area contributed by atoms with E-state index in [2.05, 4.69) is 25.9 Å². The molecule has 0 unspecified atom stereocenters. The van der Waals surface area contributed by atoms with Crippen molar-refractivity contribution in [3.05, 3.63) is 28.1 Å². The van der Waals surface area contributed by atoms with Gasteiger partial charge in [-0.05, 0) is 53.5 Å². The Balaban J connectivity index is 2.67. The molecule has 0 N–H and O–H groups in total. The molecule has 0 saturated heterocycles. The Labute approximate surface area is 107 Å². The lowest BCUT2D eigenvalue weighted by molar-refractivity contribution is 0.243. The lowest BCUT2D eigenvalue weighted by Gasteiger charge is -2.13. The van der Waals surface area contributed by atoms with Crippen LogP contribution in [0.2, 0.25) is 5.28 Å². The SMILES string of the molecule is CC(C)Oc1c(Br)ccc2cnc(Cl)nc12. The van der Waals surface area contributed by atoms with E-state index in [-0.39, 0.29) is 11.4 Å². The van der Waals surface area contributed by atoms with Gasteiger partial charge in [0.15, 0.2) is 5.75 Å². The normalized spacial score (nSPS) is 11.1. The van der Waals surface area contributed by atoms with E-state index in [1.165, 1.54) is 0 Å². The fourth-order valence-corrected chi connectivity index (χ4v) is 1.92. The molecule has 2 rings (SSSR count). The lowest BCUT2D eigenvalue weighted by atomic mass is 10.2. The topological polar surface area (TPSA) is 35.0 Å². The maximum Gasteiger partial charge on any atom is 0.223 e. The van der Waals surface area contributed by atoms with Crippen molar-refractivity contribution >= 4 is 38.4 Å². The summed E-state index contributed by atoms with van der Waals surface area (Å²) < 4.78 is 6.58. The molecule has 1 aromatic carbocycles. The van der Waals surface area contributed by atoms with Crippen molar-refractivity contribution in [2.75, 3.05) is 0 Å². The predicted octanol–water partition coefficient (Wildman–Crippen LogP) is 3.83. The van der Waals surface area contributed by atoms with Crippen LogP contribution in [0.4, 0.5) is 0 Å². The maximum atomic E-state index is 5.79. The van der Waals surface area contributed by atoms with Crippen LogP contribution in [0.3, 0.4) is 0 Å². The molecule has 0 radical (unpaired) electrons. The van der Waals surface area contributed by atoms with E-state index in [1.807, 2.05) is 26.0 Å². The third kappa shape index (κ3) is 2.28. The number of ether oxygens (including phenoxy) is 1. The molecule has 0 atom stereocenters. The first-order chi connectivity index (χ1) is 7.58. The second-order valence-electron chi connectivity index (χ2n) is 3.62. The maximum absolute atomic E-state index is 5.79. The van der Waals surface area contributed by atoms with E-state index in [0.29, 0.717) is 5.75 Å². The van der Waals surface area contributed by atoms with E-state index in [1.54, 1.807) is 6.20 Å². The second-order valence-corrected chi connectivity index (χ2v) is 4.81.